The van der Waals surface area contributed by atoms with Crippen LogP contribution in [0, 0.1) is 0 Å². The second-order valence-corrected chi connectivity index (χ2v) is 4.97. The van der Waals surface area contributed by atoms with Crippen LogP contribution in [0.5, 0.6) is 0 Å². The predicted molar refractivity (Wildman–Crippen MR) is 77.6 cm³/mol. The zero-order valence-electron chi connectivity index (χ0n) is 10.9. The van der Waals surface area contributed by atoms with Gasteiger partial charge in [0.05, 0.1) is 5.56 Å². The van der Waals surface area contributed by atoms with E-state index in [-0.39, 0.29) is 17.6 Å². The zero-order valence-corrected chi connectivity index (χ0v) is 12.5. The van der Waals surface area contributed by atoms with Crippen molar-refractivity contribution in [3.05, 3.63) is 28.2 Å². The molecule has 0 saturated carbocycles. The maximum atomic E-state index is 11.7. The Hall–Kier alpha value is -1.56. The van der Waals surface area contributed by atoms with Gasteiger partial charge in [-0.05, 0) is 47.0 Å². The van der Waals surface area contributed by atoms with Gasteiger partial charge in [0.1, 0.15) is 0 Å². The van der Waals surface area contributed by atoms with Gasteiger partial charge in [0.2, 0.25) is 0 Å². The molecule has 0 radical (unpaired) electrons. The number of hydrogen-bond donors (Lipinski definition) is 3. The molecule has 1 aromatic rings. The van der Waals surface area contributed by atoms with Gasteiger partial charge in [0, 0.05) is 16.2 Å². The van der Waals surface area contributed by atoms with Crippen molar-refractivity contribution in [2.75, 3.05) is 5.32 Å². The highest BCUT2D eigenvalue weighted by atomic mass is 79.9. The number of carbonyl (C=O) groups excluding carboxylic acids is 1. The molecule has 0 bridgehead atoms. The summed E-state index contributed by atoms with van der Waals surface area (Å²) in [5.41, 5.74) is 0.560. The summed E-state index contributed by atoms with van der Waals surface area (Å²) < 4.78 is 0.478. The second-order valence-electron chi connectivity index (χ2n) is 4.11. The third kappa shape index (κ3) is 4.55. The number of halogens is 1. The van der Waals surface area contributed by atoms with E-state index in [0.717, 1.165) is 12.8 Å². The highest BCUT2D eigenvalue weighted by Crippen LogP contribution is 2.21. The number of carboxylic acid groups (broad SMARTS) is 1. The third-order valence-electron chi connectivity index (χ3n) is 2.78. The average Bonchev–Trinajstić information content (AvgIpc) is 2.37. The number of aromatic carboxylic acids is 1. The summed E-state index contributed by atoms with van der Waals surface area (Å²) in [6, 6.07) is 4.44. The highest BCUT2D eigenvalue weighted by Gasteiger charge is 2.12. The van der Waals surface area contributed by atoms with Gasteiger partial charge in [-0.15, -0.1) is 0 Å². The Kier molecular flexibility index (Phi) is 5.82. The number of benzene rings is 1. The SMILES string of the molecule is CCC(CC)NC(=O)Nc1ccc(Br)c(C(=O)O)c1. The molecule has 0 fully saturated rings. The van der Waals surface area contributed by atoms with Gasteiger partial charge in [0.25, 0.3) is 0 Å². The van der Waals surface area contributed by atoms with Gasteiger partial charge >= 0.3 is 12.0 Å². The number of urea groups is 1. The van der Waals surface area contributed by atoms with Gasteiger partial charge in [0.15, 0.2) is 0 Å². The zero-order chi connectivity index (χ0) is 14.4. The lowest BCUT2D eigenvalue weighted by Crippen LogP contribution is -2.37. The normalized spacial score (nSPS) is 10.3. The molecule has 0 heterocycles. The van der Waals surface area contributed by atoms with Crippen LogP contribution in [0.25, 0.3) is 0 Å². The number of carboxylic acids is 1. The molecule has 104 valence electrons. The van der Waals surface area contributed by atoms with E-state index in [1.165, 1.54) is 6.07 Å². The van der Waals surface area contributed by atoms with E-state index >= 15 is 0 Å². The Morgan fingerprint density at radius 3 is 2.47 bits per heavy atom. The van der Waals surface area contributed by atoms with Crippen LogP contribution in [-0.2, 0) is 0 Å². The van der Waals surface area contributed by atoms with Crippen molar-refractivity contribution in [3.63, 3.8) is 0 Å². The fourth-order valence-corrected chi connectivity index (χ4v) is 2.03. The van der Waals surface area contributed by atoms with Crippen molar-refractivity contribution in [2.45, 2.75) is 32.7 Å². The van der Waals surface area contributed by atoms with Crippen LogP contribution in [0.4, 0.5) is 10.5 Å². The summed E-state index contributed by atoms with van der Waals surface area (Å²) in [6.45, 7) is 3.99. The van der Waals surface area contributed by atoms with Gasteiger partial charge in [-0.25, -0.2) is 9.59 Å². The Labute approximate surface area is 120 Å². The summed E-state index contributed by atoms with van der Waals surface area (Å²) in [4.78, 5) is 22.7. The van der Waals surface area contributed by atoms with Crippen molar-refractivity contribution in [3.8, 4) is 0 Å². The maximum Gasteiger partial charge on any atom is 0.336 e. The number of hydrogen-bond acceptors (Lipinski definition) is 2. The standard InChI is InChI=1S/C13H17BrN2O3/c1-3-8(4-2)15-13(19)16-9-5-6-11(14)10(7-9)12(17)18/h5-8H,3-4H2,1-2H3,(H,17,18)(H2,15,16,19). The van der Waals surface area contributed by atoms with Gasteiger partial charge in [-0.3, -0.25) is 0 Å². The molecule has 2 amide bonds. The van der Waals surface area contributed by atoms with Crippen molar-refractivity contribution < 1.29 is 14.7 Å². The quantitative estimate of drug-likeness (QED) is 0.774. The smallest absolute Gasteiger partial charge is 0.336 e. The topological polar surface area (TPSA) is 78.4 Å². The lowest BCUT2D eigenvalue weighted by atomic mass is 10.2. The molecule has 0 aliphatic heterocycles. The molecule has 0 spiro atoms. The van der Waals surface area contributed by atoms with E-state index in [4.69, 9.17) is 5.11 Å². The Morgan fingerprint density at radius 1 is 1.32 bits per heavy atom. The Morgan fingerprint density at radius 2 is 1.95 bits per heavy atom. The molecule has 0 saturated heterocycles. The van der Waals surface area contributed by atoms with E-state index < -0.39 is 5.97 Å². The molecule has 5 nitrogen and oxygen atoms in total. The molecule has 0 aliphatic rings. The Balaban J connectivity index is 2.74. The van der Waals surface area contributed by atoms with Crippen molar-refractivity contribution in [1.29, 1.82) is 0 Å². The molecule has 19 heavy (non-hydrogen) atoms. The second kappa shape index (κ2) is 7.13. The van der Waals surface area contributed by atoms with E-state index in [2.05, 4.69) is 26.6 Å². The van der Waals surface area contributed by atoms with E-state index in [1.54, 1.807) is 12.1 Å². The molecule has 0 aliphatic carbocycles. The van der Waals surface area contributed by atoms with Crippen LogP contribution in [0.2, 0.25) is 0 Å². The molecule has 6 heteroatoms. The van der Waals surface area contributed by atoms with Gasteiger partial charge in [-0.2, -0.15) is 0 Å². The first-order chi connectivity index (χ1) is 8.97. The summed E-state index contributed by atoms with van der Waals surface area (Å²) in [5.74, 6) is -1.05. The fourth-order valence-electron chi connectivity index (χ4n) is 1.61. The molecule has 0 atom stereocenters. The minimum atomic E-state index is -1.05. The monoisotopic (exact) mass is 328 g/mol. The fraction of sp³-hybridized carbons (Fsp3) is 0.385. The molecule has 0 unspecified atom stereocenters. The molecule has 1 rings (SSSR count). The largest absolute Gasteiger partial charge is 0.478 e. The van der Waals surface area contributed by atoms with Gasteiger partial charge < -0.3 is 15.7 Å². The van der Waals surface area contributed by atoms with E-state index in [9.17, 15) is 9.59 Å². The molecule has 0 aromatic heterocycles. The van der Waals surface area contributed by atoms with E-state index in [0.29, 0.717) is 10.2 Å². The average molecular weight is 329 g/mol. The lowest BCUT2D eigenvalue weighted by molar-refractivity contribution is 0.0696. The maximum absolute atomic E-state index is 11.7. The van der Waals surface area contributed by atoms with Crippen molar-refractivity contribution in [2.24, 2.45) is 0 Å². The minimum absolute atomic E-state index is 0.111. The van der Waals surface area contributed by atoms with Crippen LogP contribution in [0.15, 0.2) is 22.7 Å². The van der Waals surface area contributed by atoms with Crippen LogP contribution < -0.4 is 10.6 Å². The summed E-state index contributed by atoms with van der Waals surface area (Å²) >= 11 is 3.15. The number of rotatable bonds is 5. The molecular formula is C13H17BrN2O3. The summed E-state index contributed by atoms with van der Waals surface area (Å²) in [7, 11) is 0. The van der Waals surface area contributed by atoms with Crippen LogP contribution in [0.3, 0.4) is 0 Å². The third-order valence-corrected chi connectivity index (χ3v) is 3.47. The molecule has 1 aromatic carbocycles. The first-order valence-electron chi connectivity index (χ1n) is 6.08. The molecular weight excluding hydrogens is 312 g/mol. The van der Waals surface area contributed by atoms with E-state index in [1.807, 2.05) is 13.8 Å². The van der Waals surface area contributed by atoms with Crippen molar-refractivity contribution in [1.82, 2.24) is 5.32 Å². The Bertz CT molecular complexity index is 473. The first-order valence-corrected chi connectivity index (χ1v) is 6.87. The first kappa shape index (κ1) is 15.5. The number of amides is 2. The van der Waals surface area contributed by atoms with Gasteiger partial charge in [-0.1, -0.05) is 13.8 Å². The number of carbonyl (C=O) groups is 2. The predicted octanol–water partition coefficient (Wildman–Crippen LogP) is 3.46. The van der Waals surface area contributed by atoms with Crippen molar-refractivity contribution >= 4 is 33.6 Å². The highest BCUT2D eigenvalue weighted by molar-refractivity contribution is 9.10. The van der Waals surface area contributed by atoms with Crippen LogP contribution in [0.1, 0.15) is 37.0 Å². The van der Waals surface area contributed by atoms with Crippen LogP contribution in [-0.4, -0.2) is 23.1 Å². The lowest BCUT2D eigenvalue weighted by Gasteiger charge is -2.15. The summed E-state index contributed by atoms with van der Waals surface area (Å²) in [6.07, 6.45) is 1.70. The number of anilines is 1. The summed E-state index contributed by atoms with van der Waals surface area (Å²) in [5, 5.41) is 14.4. The number of nitrogens with one attached hydrogen (secondary N) is 2. The molecule has 3 N–H and O–H groups in total. The van der Waals surface area contributed by atoms with Crippen LogP contribution >= 0.6 is 15.9 Å². The minimum Gasteiger partial charge on any atom is -0.478 e.